The van der Waals surface area contributed by atoms with Crippen LogP contribution in [-0.2, 0) is 9.53 Å². The summed E-state index contributed by atoms with van der Waals surface area (Å²) in [6.07, 6.45) is 2.05. The third-order valence-electron chi connectivity index (χ3n) is 5.08. The Bertz CT molecular complexity index is 513. The Labute approximate surface area is 149 Å². The molecule has 0 spiro atoms. The maximum absolute atomic E-state index is 12.8. The largest absolute Gasteiger partial charge is 0.381 e. The molecule has 2 fully saturated rings. The van der Waals surface area contributed by atoms with Crippen molar-refractivity contribution in [3.8, 4) is 0 Å². The second-order valence-electron chi connectivity index (χ2n) is 6.76. The van der Waals surface area contributed by atoms with Gasteiger partial charge in [0, 0.05) is 37.8 Å². The summed E-state index contributed by atoms with van der Waals surface area (Å²) in [6, 6.07) is 10.4. The highest BCUT2D eigenvalue weighted by atomic mass is 32.2. The zero-order valence-corrected chi connectivity index (χ0v) is 15.3. The Balaban J connectivity index is 1.64. The van der Waals surface area contributed by atoms with Gasteiger partial charge in [-0.3, -0.25) is 9.69 Å². The van der Waals surface area contributed by atoms with Gasteiger partial charge in [-0.15, -0.1) is 0 Å². The van der Waals surface area contributed by atoms with Gasteiger partial charge in [0.2, 0.25) is 5.91 Å². The van der Waals surface area contributed by atoms with Crippen molar-refractivity contribution in [3.05, 3.63) is 35.9 Å². The molecule has 1 amide bonds. The van der Waals surface area contributed by atoms with E-state index >= 15 is 0 Å². The summed E-state index contributed by atoms with van der Waals surface area (Å²) in [5, 5.41) is 3.31. The molecule has 0 unspecified atom stereocenters. The number of hydrogen-bond donors (Lipinski definition) is 1. The molecular formula is C19H28N2O2S. The maximum atomic E-state index is 12.8. The van der Waals surface area contributed by atoms with Crippen LogP contribution in [0.25, 0.3) is 0 Å². The van der Waals surface area contributed by atoms with Crippen LogP contribution in [0.3, 0.4) is 0 Å². The Morgan fingerprint density at radius 3 is 2.75 bits per heavy atom. The molecule has 2 aliphatic rings. The van der Waals surface area contributed by atoms with E-state index in [9.17, 15) is 4.79 Å². The van der Waals surface area contributed by atoms with Crippen LogP contribution >= 0.6 is 11.8 Å². The number of carbonyl (C=O) groups is 1. The van der Waals surface area contributed by atoms with Gasteiger partial charge in [0.1, 0.15) is 0 Å². The molecule has 3 rings (SSSR count). The lowest BCUT2D eigenvalue weighted by atomic mass is 9.94. The molecule has 132 valence electrons. The second-order valence-corrected chi connectivity index (χ2v) is 7.99. The molecule has 0 radical (unpaired) electrons. The normalized spacial score (nSPS) is 24.5. The van der Waals surface area contributed by atoms with E-state index in [2.05, 4.69) is 22.3 Å². The average Bonchev–Trinajstić information content (AvgIpc) is 3.15. The molecule has 5 heteroatoms. The molecule has 0 saturated carbocycles. The van der Waals surface area contributed by atoms with E-state index in [-0.39, 0.29) is 18.0 Å². The predicted octanol–water partition coefficient (Wildman–Crippen LogP) is 2.71. The maximum Gasteiger partial charge on any atom is 0.237 e. The van der Waals surface area contributed by atoms with Crippen molar-refractivity contribution in [3.63, 3.8) is 0 Å². The van der Waals surface area contributed by atoms with E-state index in [0.717, 1.165) is 50.7 Å². The molecule has 0 aliphatic carbocycles. The van der Waals surface area contributed by atoms with Crippen LogP contribution in [0.4, 0.5) is 0 Å². The van der Waals surface area contributed by atoms with E-state index in [1.165, 1.54) is 5.56 Å². The smallest absolute Gasteiger partial charge is 0.237 e. The van der Waals surface area contributed by atoms with Crippen molar-refractivity contribution in [2.45, 2.75) is 31.8 Å². The van der Waals surface area contributed by atoms with Crippen LogP contribution in [0.15, 0.2) is 30.3 Å². The van der Waals surface area contributed by atoms with E-state index in [4.69, 9.17) is 4.74 Å². The van der Waals surface area contributed by atoms with Crippen molar-refractivity contribution < 1.29 is 9.53 Å². The number of ether oxygens (including phenoxy) is 1. The summed E-state index contributed by atoms with van der Waals surface area (Å²) in [5.74, 6) is 2.94. The Hall–Kier alpha value is -1.04. The number of carbonyl (C=O) groups excluding carboxylic acids is 1. The molecule has 1 aromatic rings. The molecule has 3 atom stereocenters. The Morgan fingerprint density at radius 1 is 1.33 bits per heavy atom. The van der Waals surface area contributed by atoms with Crippen molar-refractivity contribution in [2.75, 3.05) is 37.8 Å². The van der Waals surface area contributed by atoms with Crippen LogP contribution in [0.2, 0.25) is 0 Å². The van der Waals surface area contributed by atoms with Crippen molar-refractivity contribution >= 4 is 17.7 Å². The Kier molecular flexibility index (Phi) is 6.58. The molecule has 1 aromatic carbocycles. The lowest BCUT2D eigenvalue weighted by Gasteiger charge is -2.32. The molecule has 2 heterocycles. The summed E-state index contributed by atoms with van der Waals surface area (Å²) < 4.78 is 5.52. The highest BCUT2D eigenvalue weighted by Gasteiger charge is 2.27. The summed E-state index contributed by atoms with van der Waals surface area (Å²) in [5.41, 5.74) is 1.19. The number of amides is 1. The number of rotatable bonds is 6. The first-order chi connectivity index (χ1) is 11.7. The van der Waals surface area contributed by atoms with Gasteiger partial charge in [-0.25, -0.2) is 0 Å². The summed E-state index contributed by atoms with van der Waals surface area (Å²) >= 11 is 1.97. The van der Waals surface area contributed by atoms with Gasteiger partial charge in [0.25, 0.3) is 0 Å². The van der Waals surface area contributed by atoms with Crippen LogP contribution in [-0.4, -0.2) is 54.7 Å². The molecule has 4 nitrogen and oxygen atoms in total. The van der Waals surface area contributed by atoms with Crippen LogP contribution in [0.5, 0.6) is 0 Å². The Morgan fingerprint density at radius 2 is 2.08 bits per heavy atom. The van der Waals surface area contributed by atoms with Gasteiger partial charge in [0.05, 0.1) is 12.1 Å². The minimum absolute atomic E-state index is 0.0584. The van der Waals surface area contributed by atoms with Crippen LogP contribution in [0.1, 0.15) is 31.4 Å². The van der Waals surface area contributed by atoms with E-state index in [1.54, 1.807) is 0 Å². The first-order valence-corrected chi connectivity index (χ1v) is 10.1. The predicted molar refractivity (Wildman–Crippen MR) is 99.2 cm³/mol. The quantitative estimate of drug-likeness (QED) is 0.858. The van der Waals surface area contributed by atoms with Gasteiger partial charge < -0.3 is 10.1 Å². The first kappa shape index (κ1) is 17.8. The fourth-order valence-electron chi connectivity index (χ4n) is 3.49. The van der Waals surface area contributed by atoms with Gasteiger partial charge in [0.15, 0.2) is 0 Å². The van der Waals surface area contributed by atoms with Crippen LogP contribution in [0, 0.1) is 5.92 Å². The van der Waals surface area contributed by atoms with E-state index in [1.807, 2.05) is 36.9 Å². The molecule has 0 aromatic heterocycles. The monoisotopic (exact) mass is 348 g/mol. The minimum Gasteiger partial charge on any atom is -0.381 e. The standard InChI is InChI=1S/C19H28N2O2S/c1-15(21-8-11-24-12-9-21)19(22)20-18(13-16-7-10-23-14-16)17-5-3-2-4-6-17/h2-6,15-16,18H,7-14H2,1H3,(H,20,22)/t15-,16+,18-/m1/s1. The molecule has 2 saturated heterocycles. The van der Waals surface area contributed by atoms with Gasteiger partial charge >= 0.3 is 0 Å². The number of hydrogen-bond acceptors (Lipinski definition) is 4. The fourth-order valence-corrected chi connectivity index (χ4v) is 4.42. The highest BCUT2D eigenvalue weighted by molar-refractivity contribution is 7.99. The molecule has 2 aliphatic heterocycles. The lowest BCUT2D eigenvalue weighted by molar-refractivity contribution is -0.126. The zero-order chi connectivity index (χ0) is 16.8. The third-order valence-corrected chi connectivity index (χ3v) is 6.03. The topological polar surface area (TPSA) is 41.6 Å². The lowest BCUT2D eigenvalue weighted by Crippen LogP contribution is -2.49. The van der Waals surface area contributed by atoms with Gasteiger partial charge in [-0.05, 0) is 31.2 Å². The van der Waals surface area contributed by atoms with Gasteiger partial charge in [-0.2, -0.15) is 11.8 Å². The first-order valence-electron chi connectivity index (χ1n) is 8.99. The van der Waals surface area contributed by atoms with Gasteiger partial charge in [-0.1, -0.05) is 30.3 Å². The second kappa shape index (κ2) is 8.88. The van der Waals surface area contributed by atoms with E-state index in [0.29, 0.717) is 5.92 Å². The fraction of sp³-hybridized carbons (Fsp3) is 0.632. The minimum atomic E-state index is -0.0584. The number of benzene rings is 1. The SMILES string of the molecule is C[C@H](C(=O)N[C@H](C[C@@H]1CCOC1)c1ccccc1)N1CCSCC1. The van der Waals surface area contributed by atoms with E-state index < -0.39 is 0 Å². The summed E-state index contributed by atoms with van der Waals surface area (Å²) in [6.45, 7) is 5.71. The van der Waals surface area contributed by atoms with Crippen molar-refractivity contribution in [1.82, 2.24) is 10.2 Å². The summed E-state index contributed by atoms with van der Waals surface area (Å²) in [7, 11) is 0. The van der Waals surface area contributed by atoms with Crippen LogP contribution < -0.4 is 5.32 Å². The molecule has 1 N–H and O–H groups in total. The van der Waals surface area contributed by atoms with Crippen molar-refractivity contribution in [1.29, 1.82) is 0 Å². The molecule has 24 heavy (non-hydrogen) atoms. The molecule has 0 bridgehead atoms. The third kappa shape index (κ3) is 4.74. The molecular weight excluding hydrogens is 320 g/mol. The number of thioether (sulfide) groups is 1. The number of nitrogens with one attached hydrogen (secondary N) is 1. The average molecular weight is 349 g/mol. The number of nitrogens with zero attached hydrogens (tertiary/aromatic N) is 1. The van der Waals surface area contributed by atoms with Crippen molar-refractivity contribution in [2.24, 2.45) is 5.92 Å². The zero-order valence-electron chi connectivity index (χ0n) is 14.4. The highest BCUT2D eigenvalue weighted by Crippen LogP contribution is 2.27. The summed E-state index contributed by atoms with van der Waals surface area (Å²) in [4.78, 5) is 15.1.